The molecule has 1 N–H and O–H groups in total. The smallest absolute Gasteiger partial charge is 0.212 e. The second kappa shape index (κ2) is 7.75. The fourth-order valence-corrected chi connectivity index (χ4v) is 3.21. The van der Waals surface area contributed by atoms with E-state index >= 15 is 0 Å². The lowest BCUT2D eigenvalue weighted by atomic mass is 10.1. The molecule has 0 saturated heterocycles. The third-order valence-corrected chi connectivity index (χ3v) is 4.44. The molecule has 0 spiro atoms. The highest BCUT2D eigenvalue weighted by molar-refractivity contribution is 5.20. The van der Waals surface area contributed by atoms with Crippen LogP contribution in [0.2, 0.25) is 0 Å². The summed E-state index contributed by atoms with van der Waals surface area (Å²) in [6.45, 7) is 1.44. The van der Waals surface area contributed by atoms with Crippen LogP contribution in [0.15, 0.2) is 24.3 Å². The van der Waals surface area contributed by atoms with Gasteiger partial charge in [0.05, 0.1) is 5.69 Å². The normalized spacial score (nSPS) is 15.1. The molecular weight excluding hydrogens is 312 g/mol. The molecule has 0 radical (unpaired) electrons. The van der Waals surface area contributed by atoms with Crippen molar-refractivity contribution in [3.63, 3.8) is 0 Å². The highest BCUT2D eigenvalue weighted by Crippen LogP contribution is 2.28. The first kappa shape index (κ1) is 16.9. The summed E-state index contributed by atoms with van der Waals surface area (Å²) in [6.07, 6.45) is 4.94. The van der Waals surface area contributed by atoms with Gasteiger partial charge in [-0.1, -0.05) is 12.8 Å². The minimum absolute atomic E-state index is 0.0149. The van der Waals surface area contributed by atoms with Gasteiger partial charge >= 0.3 is 0 Å². The zero-order valence-corrected chi connectivity index (χ0v) is 13.9. The van der Waals surface area contributed by atoms with Gasteiger partial charge in [-0.05, 0) is 44.0 Å². The first-order valence-corrected chi connectivity index (χ1v) is 8.43. The predicted molar refractivity (Wildman–Crippen MR) is 87.6 cm³/mol. The fourth-order valence-electron chi connectivity index (χ4n) is 3.21. The van der Waals surface area contributed by atoms with Crippen molar-refractivity contribution in [1.29, 1.82) is 0 Å². The molecular formula is C18H23F2N3O. The fraction of sp³-hybridized carbons (Fsp3) is 0.500. The number of nitrogens with one attached hydrogen (secondary N) is 1. The van der Waals surface area contributed by atoms with Crippen LogP contribution in [0.4, 0.5) is 8.78 Å². The Morgan fingerprint density at radius 2 is 2.04 bits per heavy atom. The Hall–Kier alpha value is -1.95. The van der Waals surface area contributed by atoms with E-state index in [0.29, 0.717) is 18.3 Å². The predicted octanol–water partition coefficient (Wildman–Crippen LogP) is 3.65. The van der Waals surface area contributed by atoms with E-state index in [9.17, 15) is 8.78 Å². The molecule has 0 bridgehead atoms. The van der Waals surface area contributed by atoms with Crippen LogP contribution in [0.25, 0.3) is 0 Å². The lowest BCUT2D eigenvalue weighted by Crippen LogP contribution is -2.12. The maximum atomic E-state index is 13.7. The molecule has 0 aliphatic heterocycles. The average molecular weight is 335 g/mol. The Morgan fingerprint density at radius 3 is 2.79 bits per heavy atom. The van der Waals surface area contributed by atoms with Gasteiger partial charge in [-0.25, -0.2) is 13.5 Å². The van der Waals surface area contributed by atoms with Gasteiger partial charge in [-0.15, -0.1) is 0 Å². The van der Waals surface area contributed by atoms with Gasteiger partial charge in [-0.3, -0.25) is 0 Å². The zero-order valence-electron chi connectivity index (χ0n) is 13.9. The van der Waals surface area contributed by atoms with Crippen molar-refractivity contribution in [2.75, 3.05) is 7.05 Å². The topological polar surface area (TPSA) is 39.1 Å². The highest BCUT2D eigenvalue weighted by atomic mass is 19.1. The van der Waals surface area contributed by atoms with Crippen molar-refractivity contribution in [3.8, 4) is 5.88 Å². The summed E-state index contributed by atoms with van der Waals surface area (Å²) in [7, 11) is 1.86. The maximum Gasteiger partial charge on any atom is 0.212 e. The quantitative estimate of drug-likeness (QED) is 0.839. The molecule has 0 unspecified atom stereocenters. The first-order valence-electron chi connectivity index (χ1n) is 8.43. The average Bonchev–Trinajstić information content (AvgIpc) is 3.19. The standard InChI is InChI=1S/C18H23F2N3O/c1-21-10-16-9-18(23(22-16)11-13-4-2-3-5-13)24-12-14-8-15(19)6-7-17(14)20/h6-9,13,21H,2-5,10-12H2,1H3. The Balaban J connectivity index is 1.73. The second-order valence-corrected chi connectivity index (χ2v) is 6.36. The van der Waals surface area contributed by atoms with Crippen LogP contribution in [0.3, 0.4) is 0 Å². The van der Waals surface area contributed by atoms with Crippen LogP contribution in [0, 0.1) is 17.6 Å². The van der Waals surface area contributed by atoms with Gasteiger partial charge in [0.1, 0.15) is 18.2 Å². The molecule has 1 saturated carbocycles. The Kier molecular flexibility index (Phi) is 5.45. The largest absolute Gasteiger partial charge is 0.473 e. The van der Waals surface area contributed by atoms with Crippen LogP contribution >= 0.6 is 0 Å². The van der Waals surface area contributed by atoms with E-state index in [4.69, 9.17) is 4.74 Å². The van der Waals surface area contributed by atoms with E-state index in [2.05, 4.69) is 10.4 Å². The number of ether oxygens (including phenoxy) is 1. The van der Waals surface area contributed by atoms with E-state index in [1.165, 1.54) is 31.7 Å². The molecule has 1 heterocycles. The number of halogens is 2. The van der Waals surface area contributed by atoms with E-state index in [1.807, 2.05) is 17.8 Å². The molecule has 4 nitrogen and oxygen atoms in total. The number of nitrogens with zero attached hydrogens (tertiary/aromatic N) is 2. The van der Waals surface area contributed by atoms with Gasteiger partial charge in [-0.2, -0.15) is 5.10 Å². The van der Waals surface area contributed by atoms with Gasteiger partial charge in [0.15, 0.2) is 0 Å². The third-order valence-electron chi connectivity index (χ3n) is 4.44. The monoisotopic (exact) mass is 335 g/mol. The summed E-state index contributed by atoms with van der Waals surface area (Å²) in [4.78, 5) is 0. The van der Waals surface area contributed by atoms with Crippen molar-refractivity contribution < 1.29 is 13.5 Å². The molecule has 1 aromatic heterocycles. The summed E-state index contributed by atoms with van der Waals surface area (Å²) < 4.78 is 34.6. The Labute approximate surface area is 140 Å². The lowest BCUT2D eigenvalue weighted by molar-refractivity contribution is 0.257. The van der Waals surface area contributed by atoms with E-state index < -0.39 is 11.6 Å². The number of hydrogen-bond acceptors (Lipinski definition) is 3. The molecule has 6 heteroatoms. The lowest BCUT2D eigenvalue weighted by Gasteiger charge is -2.13. The SMILES string of the molecule is CNCc1cc(OCc2cc(F)ccc2F)n(CC2CCCC2)n1. The van der Waals surface area contributed by atoms with E-state index in [0.717, 1.165) is 24.4 Å². The molecule has 1 aliphatic rings. The van der Waals surface area contributed by atoms with Crippen LogP contribution in [0.5, 0.6) is 5.88 Å². The van der Waals surface area contributed by atoms with Crippen LogP contribution in [-0.2, 0) is 19.7 Å². The molecule has 130 valence electrons. The van der Waals surface area contributed by atoms with Gasteiger partial charge in [0, 0.05) is 24.7 Å². The summed E-state index contributed by atoms with van der Waals surface area (Å²) >= 11 is 0. The minimum atomic E-state index is -0.467. The van der Waals surface area contributed by atoms with E-state index in [1.54, 1.807) is 0 Å². The van der Waals surface area contributed by atoms with Crippen molar-refractivity contribution >= 4 is 0 Å². The van der Waals surface area contributed by atoms with Gasteiger partial charge in [0.25, 0.3) is 0 Å². The third kappa shape index (κ3) is 4.12. The highest BCUT2D eigenvalue weighted by Gasteiger charge is 2.19. The zero-order chi connectivity index (χ0) is 16.9. The van der Waals surface area contributed by atoms with Crippen LogP contribution in [0.1, 0.15) is 36.9 Å². The van der Waals surface area contributed by atoms with E-state index in [-0.39, 0.29) is 12.2 Å². The van der Waals surface area contributed by atoms with Crippen LogP contribution in [-0.4, -0.2) is 16.8 Å². The first-order chi connectivity index (χ1) is 11.7. The molecule has 1 aliphatic carbocycles. The van der Waals surface area contributed by atoms with Crippen LogP contribution < -0.4 is 10.1 Å². The van der Waals surface area contributed by atoms with Crippen molar-refractivity contribution in [2.45, 2.75) is 45.4 Å². The maximum absolute atomic E-state index is 13.7. The number of aromatic nitrogens is 2. The minimum Gasteiger partial charge on any atom is -0.473 e. The molecule has 0 atom stereocenters. The van der Waals surface area contributed by atoms with Crippen molar-refractivity contribution in [3.05, 3.63) is 47.2 Å². The number of benzene rings is 1. The Morgan fingerprint density at radius 1 is 1.25 bits per heavy atom. The number of rotatable bonds is 7. The van der Waals surface area contributed by atoms with Crippen molar-refractivity contribution in [1.82, 2.24) is 15.1 Å². The summed E-state index contributed by atoms with van der Waals surface area (Å²) in [5.74, 6) is 0.287. The molecule has 24 heavy (non-hydrogen) atoms. The summed E-state index contributed by atoms with van der Waals surface area (Å²) in [6, 6.07) is 5.26. The number of hydrogen-bond donors (Lipinski definition) is 1. The van der Waals surface area contributed by atoms with Gasteiger partial charge < -0.3 is 10.1 Å². The molecule has 3 rings (SSSR count). The molecule has 2 aromatic rings. The van der Waals surface area contributed by atoms with Crippen molar-refractivity contribution in [2.24, 2.45) is 5.92 Å². The summed E-state index contributed by atoms with van der Waals surface area (Å²) in [5.41, 5.74) is 1.09. The second-order valence-electron chi connectivity index (χ2n) is 6.36. The Bertz CT molecular complexity index is 681. The van der Waals surface area contributed by atoms with Gasteiger partial charge in [0.2, 0.25) is 5.88 Å². The molecule has 1 fully saturated rings. The molecule has 1 aromatic carbocycles. The molecule has 0 amide bonds. The summed E-state index contributed by atoms with van der Waals surface area (Å²) in [5, 5.41) is 7.64.